The summed E-state index contributed by atoms with van der Waals surface area (Å²) in [4.78, 5) is 0. The van der Waals surface area contributed by atoms with Crippen LogP contribution in [0.15, 0.2) is 18.2 Å². The van der Waals surface area contributed by atoms with Crippen molar-refractivity contribution in [1.82, 2.24) is 0 Å². The number of hydrogen-bond acceptors (Lipinski definition) is 2. The average Bonchev–Trinajstić information content (AvgIpc) is 2.46. The van der Waals surface area contributed by atoms with E-state index >= 15 is 0 Å². The molecule has 2 aliphatic rings. The molecule has 2 nitrogen and oxygen atoms in total. The molecule has 1 heterocycles. The van der Waals surface area contributed by atoms with Gasteiger partial charge in [-0.2, -0.15) is 0 Å². The van der Waals surface area contributed by atoms with Crippen molar-refractivity contribution in [1.29, 1.82) is 0 Å². The van der Waals surface area contributed by atoms with Crippen molar-refractivity contribution in [3.05, 3.63) is 29.3 Å². The Kier molecular flexibility index (Phi) is 4.62. The molecular formula is C18H26O2. The Morgan fingerprint density at radius 1 is 1.00 bits per heavy atom. The summed E-state index contributed by atoms with van der Waals surface area (Å²) >= 11 is 0. The van der Waals surface area contributed by atoms with Crippen LogP contribution in [0.3, 0.4) is 0 Å². The third-order valence-corrected chi connectivity index (χ3v) is 4.87. The SMILES string of the molecule is OC(c1ccc2c(c1)CCCO2)C1CCCCCCC1. The van der Waals surface area contributed by atoms with Gasteiger partial charge < -0.3 is 9.84 Å². The summed E-state index contributed by atoms with van der Waals surface area (Å²) in [5.74, 6) is 1.46. The van der Waals surface area contributed by atoms with Gasteiger partial charge in [0, 0.05) is 0 Å². The van der Waals surface area contributed by atoms with Gasteiger partial charge in [-0.15, -0.1) is 0 Å². The minimum atomic E-state index is -0.291. The van der Waals surface area contributed by atoms with Gasteiger partial charge in [-0.25, -0.2) is 0 Å². The molecule has 1 aliphatic carbocycles. The van der Waals surface area contributed by atoms with Crippen LogP contribution in [-0.2, 0) is 6.42 Å². The Bertz CT molecular complexity index is 433. The maximum absolute atomic E-state index is 10.7. The second-order valence-electron chi connectivity index (χ2n) is 6.37. The van der Waals surface area contributed by atoms with Gasteiger partial charge in [-0.3, -0.25) is 0 Å². The smallest absolute Gasteiger partial charge is 0.122 e. The highest BCUT2D eigenvalue weighted by atomic mass is 16.5. The predicted molar refractivity (Wildman–Crippen MR) is 81.0 cm³/mol. The van der Waals surface area contributed by atoms with Crippen LogP contribution in [0.2, 0.25) is 0 Å². The molecule has 1 aromatic rings. The fourth-order valence-electron chi connectivity index (χ4n) is 3.64. The lowest BCUT2D eigenvalue weighted by molar-refractivity contribution is 0.0911. The van der Waals surface area contributed by atoms with Crippen LogP contribution in [0.25, 0.3) is 0 Å². The number of aliphatic hydroxyl groups is 1. The molecule has 1 saturated carbocycles. The van der Waals surface area contributed by atoms with E-state index in [1.807, 2.05) is 0 Å². The standard InChI is InChI=1S/C18H26O2/c19-18(14-7-4-2-1-3-5-8-14)16-10-11-17-15(13-16)9-6-12-20-17/h10-11,13-14,18-19H,1-9,12H2. The lowest BCUT2D eigenvalue weighted by atomic mass is 9.84. The highest BCUT2D eigenvalue weighted by Gasteiger charge is 2.23. The molecule has 0 aromatic heterocycles. The Balaban J connectivity index is 1.73. The molecule has 1 aromatic carbocycles. The van der Waals surface area contributed by atoms with E-state index in [2.05, 4.69) is 18.2 Å². The first-order valence-corrected chi connectivity index (χ1v) is 8.28. The molecule has 0 bridgehead atoms. The molecule has 1 aliphatic heterocycles. The number of fused-ring (bicyclic) bond motifs is 1. The topological polar surface area (TPSA) is 29.5 Å². The summed E-state index contributed by atoms with van der Waals surface area (Å²) in [7, 11) is 0. The van der Waals surface area contributed by atoms with E-state index in [9.17, 15) is 5.11 Å². The van der Waals surface area contributed by atoms with Gasteiger partial charge in [0.25, 0.3) is 0 Å². The van der Waals surface area contributed by atoms with E-state index in [1.54, 1.807) is 0 Å². The van der Waals surface area contributed by atoms with Crippen molar-refractivity contribution in [2.45, 2.75) is 63.9 Å². The monoisotopic (exact) mass is 274 g/mol. The summed E-state index contributed by atoms with van der Waals surface area (Å²) in [6.07, 6.45) is 10.8. The molecule has 1 unspecified atom stereocenters. The Morgan fingerprint density at radius 3 is 2.55 bits per heavy atom. The van der Waals surface area contributed by atoms with E-state index < -0.39 is 0 Å². The van der Waals surface area contributed by atoms with E-state index in [-0.39, 0.29) is 6.10 Å². The molecular weight excluding hydrogens is 248 g/mol. The van der Waals surface area contributed by atoms with Crippen molar-refractivity contribution >= 4 is 0 Å². The van der Waals surface area contributed by atoms with E-state index in [4.69, 9.17) is 4.74 Å². The van der Waals surface area contributed by atoms with Crippen LogP contribution < -0.4 is 4.74 Å². The first-order valence-electron chi connectivity index (χ1n) is 8.28. The summed E-state index contributed by atoms with van der Waals surface area (Å²) in [5, 5.41) is 10.7. The molecule has 110 valence electrons. The van der Waals surface area contributed by atoms with Gasteiger partial charge in [0.15, 0.2) is 0 Å². The van der Waals surface area contributed by atoms with Crippen LogP contribution in [-0.4, -0.2) is 11.7 Å². The van der Waals surface area contributed by atoms with E-state index in [1.165, 1.54) is 50.5 Å². The van der Waals surface area contributed by atoms with Crippen LogP contribution in [0, 0.1) is 5.92 Å². The predicted octanol–water partition coefficient (Wildman–Crippen LogP) is 4.41. The molecule has 1 fully saturated rings. The zero-order valence-corrected chi connectivity index (χ0v) is 12.3. The summed E-state index contributed by atoms with van der Waals surface area (Å²) in [6.45, 7) is 0.831. The van der Waals surface area contributed by atoms with E-state index in [0.717, 1.165) is 30.8 Å². The largest absolute Gasteiger partial charge is 0.493 e. The van der Waals surface area contributed by atoms with Crippen LogP contribution in [0.5, 0.6) is 5.75 Å². The molecule has 20 heavy (non-hydrogen) atoms. The van der Waals surface area contributed by atoms with Gasteiger partial charge in [-0.1, -0.05) is 38.2 Å². The Hall–Kier alpha value is -1.02. The molecule has 0 spiro atoms. The van der Waals surface area contributed by atoms with Gasteiger partial charge in [0.05, 0.1) is 12.7 Å². The van der Waals surface area contributed by atoms with Gasteiger partial charge >= 0.3 is 0 Å². The number of hydrogen-bond donors (Lipinski definition) is 1. The fourth-order valence-corrected chi connectivity index (χ4v) is 3.64. The summed E-state index contributed by atoms with van der Waals surface area (Å²) in [6, 6.07) is 6.29. The molecule has 3 rings (SSSR count). The summed E-state index contributed by atoms with van der Waals surface area (Å²) in [5.41, 5.74) is 2.37. The average molecular weight is 274 g/mol. The molecule has 1 N–H and O–H groups in total. The highest BCUT2D eigenvalue weighted by molar-refractivity contribution is 5.39. The third kappa shape index (κ3) is 3.17. The first-order chi connectivity index (χ1) is 9.84. The number of aryl methyl sites for hydroxylation is 1. The van der Waals surface area contributed by atoms with Gasteiger partial charge in [0.1, 0.15) is 5.75 Å². The minimum Gasteiger partial charge on any atom is -0.493 e. The first kappa shape index (κ1) is 13.9. The number of rotatable bonds is 2. The van der Waals surface area contributed by atoms with Gasteiger partial charge in [-0.05, 0) is 54.9 Å². The lowest BCUT2D eigenvalue weighted by Crippen LogP contribution is -2.15. The Morgan fingerprint density at radius 2 is 1.75 bits per heavy atom. The van der Waals surface area contributed by atoms with Crippen molar-refractivity contribution in [2.75, 3.05) is 6.61 Å². The zero-order valence-electron chi connectivity index (χ0n) is 12.3. The maximum atomic E-state index is 10.7. The van der Waals surface area contributed by atoms with Crippen LogP contribution in [0.4, 0.5) is 0 Å². The molecule has 1 atom stereocenters. The molecule has 2 heteroatoms. The quantitative estimate of drug-likeness (QED) is 0.866. The normalized spacial score (nSPS) is 22.2. The minimum absolute atomic E-state index is 0.291. The lowest BCUT2D eigenvalue weighted by Gasteiger charge is -2.26. The van der Waals surface area contributed by atoms with Crippen molar-refractivity contribution < 1.29 is 9.84 Å². The number of benzene rings is 1. The zero-order chi connectivity index (χ0) is 13.8. The highest BCUT2D eigenvalue weighted by Crippen LogP contribution is 2.35. The number of aliphatic hydroxyl groups excluding tert-OH is 1. The fraction of sp³-hybridized carbons (Fsp3) is 0.667. The van der Waals surface area contributed by atoms with Crippen LogP contribution >= 0.6 is 0 Å². The van der Waals surface area contributed by atoms with Crippen molar-refractivity contribution in [3.8, 4) is 5.75 Å². The maximum Gasteiger partial charge on any atom is 0.122 e. The molecule has 0 radical (unpaired) electrons. The van der Waals surface area contributed by atoms with E-state index in [0.29, 0.717) is 5.92 Å². The third-order valence-electron chi connectivity index (χ3n) is 4.87. The van der Waals surface area contributed by atoms with Crippen molar-refractivity contribution in [2.24, 2.45) is 5.92 Å². The Labute approximate surface area is 122 Å². The number of ether oxygens (including phenoxy) is 1. The second-order valence-corrected chi connectivity index (χ2v) is 6.37. The van der Waals surface area contributed by atoms with Crippen LogP contribution in [0.1, 0.15) is 68.6 Å². The van der Waals surface area contributed by atoms with Crippen molar-refractivity contribution in [3.63, 3.8) is 0 Å². The molecule has 0 amide bonds. The molecule has 0 saturated heterocycles. The summed E-state index contributed by atoms with van der Waals surface area (Å²) < 4.78 is 5.66. The van der Waals surface area contributed by atoms with Gasteiger partial charge in [0.2, 0.25) is 0 Å². The second kappa shape index (κ2) is 6.62.